The predicted molar refractivity (Wildman–Crippen MR) is 129 cm³/mol. The number of benzene rings is 1. The number of hydrogen-bond donors (Lipinski definition) is 2. The van der Waals surface area contributed by atoms with Crippen LogP contribution in [0.25, 0.3) is 0 Å². The molecule has 1 fully saturated rings. The summed E-state index contributed by atoms with van der Waals surface area (Å²) in [5, 5.41) is 11.2. The molecule has 1 aromatic carbocycles. The molecular formula is C25H31N3O4S. The predicted octanol–water partition coefficient (Wildman–Crippen LogP) is 4.49. The number of thiophene rings is 1. The second-order valence-electron chi connectivity index (χ2n) is 8.27. The van der Waals surface area contributed by atoms with Crippen LogP contribution >= 0.6 is 11.3 Å². The van der Waals surface area contributed by atoms with Crippen molar-refractivity contribution in [2.24, 2.45) is 0 Å². The Morgan fingerprint density at radius 1 is 1.27 bits per heavy atom. The summed E-state index contributed by atoms with van der Waals surface area (Å²) >= 11 is 1.72. The van der Waals surface area contributed by atoms with Crippen molar-refractivity contribution < 1.29 is 19.4 Å². The van der Waals surface area contributed by atoms with E-state index in [4.69, 9.17) is 14.6 Å². The van der Waals surface area contributed by atoms with Crippen LogP contribution in [0, 0.1) is 13.8 Å². The van der Waals surface area contributed by atoms with Gasteiger partial charge >= 0.3 is 0 Å². The van der Waals surface area contributed by atoms with Crippen LogP contribution in [0.5, 0.6) is 5.75 Å². The van der Waals surface area contributed by atoms with Crippen LogP contribution < -0.4 is 4.74 Å². The highest BCUT2D eigenvalue weighted by atomic mass is 32.1. The van der Waals surface area contributed by atoms with Gasteiger partial charge in [0.15, 0.2) is 0 Å². The molecule has 1 saturated carbocycles. The topological polar surface area (TPSA) is 95.5 Å². The standard InChI is InChI=1S/C24H29N3O2S.CH2O2/c1-17-18(2)26-22(25-17)15-27(13-4-5-19-10-14-30-16-19)23(28)24(11-12-24)20-6-8-21(29-3)9-7-20;2-1-3/h6-10,14,16H,4-5,11-13,15H2,1-3H3,(H,25,26);1H,(H,2,3). The van der Waals surface area contributed by atoms with Crippen LogP contribution in [0.4, 0.5) is 0 Å². The Balaban J connectivity index is 0.000000968. The minimum atomic E-state index is -0.397. The second-order valence-corrected chi connectivity index (χ2v) is 9.05. The molecule has 8 heteroatoms. The molecule has 0 spiro atoms. The molecule has 2 N–H and O–H groups in total. The zero-order valence-corrected chi connectivity index (χ0v) is 20.2. The summed E-state index contributed by atoms with van der Waals surface area (Å²) in [5.74, 6) is 1.89. The number of rotatable bonds is 9. The molecule has 0 atom stereocenters. The molecular weight excluding hydrogens is 438 g/mol. The van der Waals surface area contributed by atoms with Gasteiger partial charge in [-0.3, -0.25) is 9.59 Å². The molecule has 0 radical (unpaired) electrons. The maximum Gasteiger partial charge on any atom is 0.290 e. The number of nitrogens with zero attached hydrogens (tertiary/aromatic N) is 2. The normalized spacial score (nSPS) is 13.5. The van der Waals surface area contributed by atoms with E-state index in [0.717, 1.165) is 60.8 Å². The Morgan fingerprint density at radius 3 is 2.48 bits per heavy atom. The minimum absolute atomic E-state index is 0.213. The first-order valence-corrected chi connectivity index (χ1v) is 11.9. The van der Waals surface area contributed by atoms with Gasteiger partial charge in [0.05, 0.1) is 24.8 Å². The van der Waals surface area contributed by atoms with Crippen LogP contribution in [0.2, 0.25) is 0 Å². The van der Waals surface area contributed by atoms with Gasteiger partial charge in [-0.15, -0.1) is 0 Å². The summed E-state index contributed by atoms with van der Waals surface area (Å²) < 4.78 is 5.28. The van der Waals surface area contributed by atoms with E-state index >= 15 is 0 Å². The number of aromatic nitrogens is 2. The lowest BCUT2D eigenvalue weighted by atomic mass is 9.94. The van der Waals surface area contributed by atoms with Crippen LogP contribution in [-0.4, -0.2) is 46.0 Å². The molecule has 1 amide bonds. The molecule has 0 saturated heterocycles. The fourth-order valence-corrected chi connectivity index (χ4v) is 4.71. The van der Waals surface area contributed by atoms with Crippen molar-refractivity contribution >= 4 is 23.7 Å². The van der Waals surface area contributed by atoms with Crippen molar-refractivity contribution in [3.05, 3.63) is 69.4 Å². The van der Waals surface area contributed by atoms with Crippen LogP contribution in [-0.2, 0) is 28.0 Å². The van der Waals surface area contributed by atoms with Gasteiger partial charge in [-0.25, -0.2) is 4.98 Å². The van der Waals surface area contributed by atoms with E-state index in [2.05, 4.69) is 26.8 Å². The maximum atomic E-state index is 13.7. The van der Waals surface area contributed by atoms with Gasteiger partial charge in [0, 0.05) is 12.2 Å². The zero-order chi connectivity index (χ0) is 23.8. The number of carbonyl (C=O) groups is 2. The van der Waals surface area contributed by atoms with E-state index in [1.807, 2.05) is 43.0 Å². The van der Waals surface area contributed by atoms with E-state index in [1.165, 1.54) is 5.56 Å². The number of carbonyl (C=O) groups excluding carboxylic acids is 1. The lowest BCUT2D eigenvalue weighted by Gasteiger charge is -2.27. The van der Waals surface area contributed by atoms with Gasteiger partial charge in [-0.05, 0) is 79.6 Å². The third-order valence-electron chi connectivity index (χ3n) is 6.08. The number of hydrogen-bond acceptors (Lipinski definition) is 5. The maximum absolute atomic E-state index is 13.7. The van der Waals surface area contributed by atoms with E-state index in [0.29, 0.717) is 6.54 Å². The Hall–Kier alpha value is -3.13. The highest BCUT2D eigenvalue weighted by Crippen LogP contribution is 2.50. The molecule has 0 bridgehead atoms. The zero-order valence-electron chi connectivity index (χ0n) is 19.3. The first-order valence-electron chi connectivity index (χ1n) is 11.0. The van der Waals surface area contributed by atoms with Crippen LogP contribution in [0.15, 0.2) is 41.1 Å². The third kappa shape index (κ3) is 6.01. The summed E-state index contributed by atoms with van der Waals surface area (Å²) in [6.45, 7) is 5.02. The Morgan fingerprint density at radius 2 is 1.97 bits per heavy atom. The summed E-state index contributed by atoms with van der Waals surface area (Å²) in [4.78, 5) is 32.1. The van der Waals surface area contributed by atoms with Gasteiger partial charge in [-0.2, -0.15) is 11.3 Å². The Bertz CT molecular complexity index is 1020. The third-order valence-corrected chi connectivity index (χ3v) is 6.81. The molecule has 33 heavy (non-hydrogen) atoms. The Labute approximate surface area is 198 Å². The molecule has 0 unspecified atom stereocenters. The van der Waals surface area contributed by atoms with Crippen molar-refractivity contribution in [2.75, 3.05) is 13.7 Å². The van der Waals surface area contributed by atoms with Crippen LogP contribution in [0.3, 0.4) is 0 Å². The average molecular weight is 470 g/mol. The number of amides is 1. The summed E-state index contributed by atoms with van der Waals surface area (Å²) in [6.07, 6.45) is 3.73. The summed E-state index contributed by atoms with van der Waals surface area (Å²) in [5.41, 5.74) is 4.08. The lowest BCUT2D eigenvalue weighted by molar-refractivity contribution is -0.134. The number of carboxylic acid groups (broad SMARTS) is 1. The fourth-order valence-electron chi connectivity index (χ4n) is 4.00. The first-order chi connectivity index (χ1) is 15.9. The van der Waals surface area contributed by atoms with Gasteiger partial charge in [0.25, 0.3) is 6.47 Å². The van der Waals surface area contributed by atoms with Crippen molar-refractivity contribution in [1.82, 2.24) is 14.9 Å². The van der Waals surface area contributed by atoms with Crippen molar-refractivity contribution in [3.8, 4) is 5.75 Å². The minimum Gasteiger partial charge on any atom is -0.497 e. The molecule has 2 aromatic heterocycles. The Kier molecular flexibility index (Phi) is 8.27. The van der Waals surface area contributed by atoms with Crippen molar-refractivity contribution in [3.63, 3.8) is 0 Å². The number of aryl methyl sites for hydroxylation is 3. The van der Waals surface area contributed by atoms with Gasteiger partial charge in [0.1, 0.15) is 11.6 Å². The van der Waals surface area contributed by atoms with Gasteiger partial charge in [0.2, 0.25) is 5.91 Å². The SMILES string of the molecule is COc1ccc(C2(C(=O)N(CCCc3ccsc3)Cc3nc(C)c(C)[nH]3)CC2)cc1.O=CO. The summed E-state index contributed by atoms with van der Waals surface area (Å²) in [7, 11) is 1.66. The lowest BCUT2D eigenvalue weighted by Crippen LogP contribution is -2.40. The van der Waals surface area contributed by atoms with Gasteiger partial charge in [-0.1, -0.05) is 12.1 Å². The van der Waals surface area contributed by atoms with E-state index < -0.39 is 5.41 Å². The number of ether oxygens (including phenoxy) is 1. The molecule has 2 heterocycles. The smallest absolute Gasteiger partial charge is 0.290 e. The van der Waals surface area contributed by atoms with E-state index in [9.17, 15) is 4.79 Å². The molecule has 1 aliphatic carbocycles. The van der Waals surface area contributed by atoms with Gasteiger partial charge < -0.3 is 19.7 Å². The van der Waals surface area contributed by atoms with E-state index in [-0.39, 0.29) is 12.4 Å². The molecule has 0 aliphatic heterocycles. The fraction of sp³-hybridized carbons (Fsp3) is 0.400. The molecule has 1 aliphatic rings. The number of H-pyrrole nitrogens is 1. The summed E-state index contributed by atoms with van der Waals surface area (Å²) in [6, 6.07) is 10.1. The highest BCUT2D eigenvalue weighted by molar-refractivity contribution is 7.07. The largest absolute Gasteiger partial charge is 0.497 e. The number of aromatic amines is 1. The molecule has 7 nitrogen and oxygen atoms in total. The second kappa shape index (κ2) is 11.1. The molecule has 4 rings (SSSR count). The van der Waals surface area contributed by atoms with Crippen LogP contribution in [0.1, 0.15) is 47.6 Å². The van der Waals surface area contributed by atoms with Crippen molar-refractivity contribution in [1.29, 1.82) is 0 Å². The number of imidazole rings is 1. The number of methoxy groups -OCH3 is 1. The average Bonchev–Trinajstić information content (AvgIpc) is 3.34. The quantitative estimate of drug-likeness (QED) is 0.450. The monoisotopic (exact) mass is 469 g/mol. The number of nitrogens with one attached hydrogen (secondary N) is 1. The molecule has 176 valence electrons. The van der Waals surface area contributed by atoms with E-state index in [1.54, 1.807) is 18.4 Å². The van der Waals surface area contributed by atoms with Crippen molar-refractivity contribution in [2.45, 2.75) is 51.5 Å². The molecule has 3 aromatic rings. The first kappa shape index (κ1) is 24.5. The highest BCUT2D eigenvalue weighted by Gasteiger charge is 2.53.